The molecule has 2 rings (SSSR count). The molecule has 0 fully saturated rings. The lowest BCUT2D eigenvalue weighted by atomic mass is 10.1. The van der Waals surface area contributed by atoms with Crippen LogP contribution in [0, 0.1) is 0 Å². The summed E-state index contributed by atoms with van der Waals surface area (Å²) in [5.41, 5.74) is 2.31. The Labute approximate surface area is 132 Å². The summed E-state index contributed by atoms with van der Waals surface area (Å²) in [5, 5.41) is 4.94. The zero-order valence-electron chi connectivity index (χ0n) is 10.5. The molecule has 0 radical (unpaired) electrons. The molecule has 0 amide bonds. The zero-order valence-corrected chi connectivity index (χ0v) is 13.6. The molecule has 0 aromatic heterocycles. The molecule has 1 nitrogen and oxygen atoms in total. The fourth-order valence-corrected chi connectivity index (χ4v) is 2.52. The molecule has 0 aliphatic rings. The molecule has 1 unspecified atom stereocenters. The molecule has 0 aliphatic heterocycles. The number of hydrogen-bond acceptors (Lipinski definition) is 1. The smallest absolute Gasteiger partial charge is 0.0549 e. The summed E-state index contributed by atoms with van der Waals surface area (Å²) in [7, 11) is 0. The third kappa shape index (κ3) is 4.41. The zero-order chi connectivity index (χ0) is 13.8. The summed E-state index contributed by atoms with van der Waals surface area (Å²) < 4.78 is 0.901. The van der Waals surface area contributed by atoms with Crippen LogP contribution in [0.4, 0.5) is 5.69 Å². The quantitative estimate of drug-likeness (QED) is 0.728. The molecule has 2 aromatic rings. The molecule has 100 valence electrons. The number of rotatable bonds is 4. The highest BCUT2D eigenvalue weighted by Gasteiger charge is 2.05. The van der Waals surface area contributed by atoms with E-state index in [1.807, 2.05) is 30.3 Å². The van der Waals surface area contributed by atoms with Gasteiger partial charge in [0.1, 0.15) is 0 Å². The summed E-state index contributed by atoms with van der Waals surface area (Å²) in [5.74, 6) is 0. The highest BCUT2D eigenvalue weighted by Crippen LogP contribution is 2.26. The van der Waals surface area contributed by atoms with Crippen LogP contribution >= 0.6 is 39.1 Å². The molecule has 0 spiro atoms. The SMILES string of the molecule is CC(Cc1ccc(Cl)cc1)Nc1ccc(Cl)c(Br)c1. The first kappa shape index (κ1) is 14.7. The normalized spacial score (nSPS) is 12.2. The number of halogens is 3. The maximum Gasteiger partial charge on any atom is 0.0549 e. The van der Waals surface area contributed by atoms with Crippen LogP contribution in [0.25, 0.3) is 0 Å². The van der Waals surface area contributed by atoms with Crippen LogP contribution in [0.15, 0.2) is 46.9 Å². The van der Waals surface area contributed by atoms with Crippen molar-refractivity contribution in [3.63, 3.8) is 0 Å². The highest BCUT2D eigenvalue weighted by atomic mass is 79.9. The lowest BCUT2D eigenvalue weighted by Crippen LogP contribution is -2.17. The standard InChI is InChI=1S/C15H14BrCl2N/c1-10(8-11-2-4-12(17)5-3-11)19-13-6-7-15(18)14(16)9-13/h2-7,9-10,19H,8H2,1H3. The first-order valence-electron chi connectivity index (χ1n) is 6.00. The van der Waals surface area contributed by atoms with E-state index in [4.69, 9.17) is 23.2 Å². The van der Waals surface area contributed by atoms with E-state index in [0.29, 0.717) is 6.04 Å². The second-order valence-electron chi connectivity index (χ2n) is 4.50. The lowest BCUT2D eigenvalue weighted by molar-refractivity contribution is 0.790. The third-order valence-electron chi connectivity index (χ3n) is 2.79. The van der Waals surface area contributed by atoms with Crippen molar-refractivity contribution in [1.82, 2.24) is 0 Å². The summed E-state index contributed by atoms with van der Waals surface area (Å²) >= 11 is 15.3. The first-order chi connectivity index (χ1) is 9.04. The van der Waals surface area contributed by atoms with Gasteiger partial charge in [-0.2, -0.15) is 0 Å². The van der Waals surface area contributed by atoms with Crippen LogP contribution < -0.4 is 5.32 Å². The molecular formula is C15H14BrCl2N. The van der Waals surface area contributed by atoms with E-state index >= 15 is 0 Å². The van der Waals surface area contributed by atoms with Crippen molar-refractivity contribution < 1.29 is 0 Å². The Kier molecular flexibility index (Phi) is 5.14. The Morgan fingerprint density at radius 3 is 2.42 bits per heavy atom. The minimum atomic E-state index is 0.328. The van der Waals surface area contributed by atoms with Gasteiger partial charge in [0.15, 0.2) is 0 Å². The predicted octanol–water partition coefficient (Wildman–Crippen LogP) is 5.80. The van der Waals surface area contributed by atoms with Crippen LogP contribution in [0.5, 0.6) is 0 Å². The molecule has 2 aromatic carbocycles. The van der Waals surface area contributed by atoms with Crippen molar-refractivity contribution in [2.24, 2.45) is 0 Å². The molecule has 0 bridgehead atoms. The third-order valence-corrected chi connectivity index (χ3v) is 4.25. The summed E-state index contributed by atoms with van der Waals surface area (Å²) in [6.45, 7) is 2.15. The average molecular weight is 359 g/mol. The second-order valence-corrected chi connectivity index (χ2v) is 6.20. The second kappa shape index (κ2) is 6.65. The van der Waals surface area contributed by atoms with Crippen LogP contribution in [0.2, 0.25) is 10.0 Å². The van der Waals surface area contributed by atoms with Gasteiger partial charge in [0.25, 0.3) is 0 Å². The highest BCUT2D eigenvalue weighted by molar-refractivity contribution is 9.10. The van der Waals surface area contributed by atoms with Gasteiger partial charge in [0.05, 0.1) is 5.02 Å². The number of benzene rings is 2. The Bertz CT molecular complexity index is 555. The molecule has 0 aliphatic carbocycles. The number of hydrogen-bond donors (Lipinski definition) is 1. The monoisotopic (exact) mass is 357 g/mol. The van der Waals surface area contributed by atoms with Crippen LogP contribution in [0.3, 0.4) is 0 Å². The summed E-state index contributed by atoms with van der Waals surface area (Å²) in [6.07, 6.45) is 0.942. The molecule has 1 atom stereocenters. The molecular weight excluding hydrogens is 345 g/mol. The van der Waals surface area contributed by atoms with Crippen molar-refractivity contribution >= 4 is 44.8 Å². The van der Waals surface area contributed by atoms with E-state index in [1.165, 1.54) is 5.56 Å². The lowest BCUT2D eigenvalue weighted by Gasteiger charge is -2.16. The van der Waals surface area contributed by atoms with E-state index in [2.05, 4.69) is 40.3 Å². The van der Waals surface area contributed by atoms with Crippen molar-refractivity contribution in [3.8, 4) is 0 Å². The van der Waals surface area contributed by atoms with Gasteiger partial charge in [0.2, 0.25) is 0 Å². The summed E-state index contributed by atoms with van der Waals surface area (Å²) in [6, 6.07) is 14.1. The van der Waals surface area contributed by atoms with Gasteiger partial charge in [-0.15, -0.1) is 0 Å². The van der Waals surface area contributed by atoms with Crippen molar-refractivity contribution in [2.45, 2.75) is 19.4 Å². The Morgan fingerprint density at radius 1 is 1.11 bits per heavy atom. The average Bonchev–Trinajstić information content (AvgIpc) is 2.37. The van der Waals surface area contributed by atoms with E-state index < -0.39 is 0 Å². The molecule has 0 saturated carbocycles. The van der Waals surface area contributed by atoms with Crippen molar-refractivity contribution in [2.75, 3.05) is 5.32 Å². The van der Waals surface area contributed by atoms with Crippen molar-refractivity contribution in [1.29, 1.82) is 0 Å². The van der Waals surface area contributed by atoms with Gasteiger partial charge in [-0.05, 0) is 65.2 Å². The van der Waals surface area contributed by atoms with Crippen molar-refractivity contribution in [3.05, 3.63) is 62.5 Å². The number of nitrogens with one attached hydrogen (secondary N) is 1. The number of anilines is 1. The van der Waals surface area contributed by atoms with E-state index in [-0.39, 0.29) is 0 Å². The van der Waals surface area contributed by atoms with Gasteiger partial charge >= 0.3 is 0 Å². The maximum atomic E-state index is 5.97. The van der Waals surface area contributed by atoms with E-state index in [9.17, 15) is 0 Å². The first-order valence-corrected chi connectivity index (χ1v) is 7.55. The Hall–Kier alpha value is -0.700. The van der Waals surface area contributed by atoms with Gasteiger partial charge in [-0.3, -0.25) is 0 Å². The minimum absolute atomic E-state index is 0.328. The molecule has 19 heavy (non-hydrogen) atoms. The topological polar surface area (TPSA) is 12.0 Å². The van der Waals surface area contributed by atoms with Gasteiger partial charge in [0, 0.05) is 21.2 Å². The van der Waals surface area contributed by atoms with Crippen LogP contribution in [-0.4, -0.2) is 6.04 Å². The fourth-order valence-electron chi connectivity index (χ4n) is 1.90. The molecule has 0 heterocycles. The van der Waals surface area contributed by atoms with Gasteiger partial charge < -0.3 is 5.32 Å². The maximum absolute atomic E-state index is 5.97. The minimum Gasteiger partial charge on any atom is -0.382 e. The van der Waals surface area contributed by atoms with Gasteiger partial charge in [-0.25, -0.2) is 0 Å². The largest absolute Gasteiger partial charge is 0.382 e. The fraction of sp³-hybridized carbons (Fsp3) is 0.200. The summed E-state index contributed by atoms with van der Waals surface area (Å²) in [4.78, 5) is 0. The molecule has 1 N–H and O–H groups in total. The molecule has 4 heteroatoms. The van der Waals surface area contributed by atoms with Crippen LogP contribution in [0.1, 0.15) is 12.5 Å². The van der Waals surface area contributed by atoms with Gasteiger partial charge in [-0.1, -0.05) is 35.3 Å². The van der Waals surface area contributed by atoms with E-state index in [1.54, 1.807) is 0 Å². The Morgan fingerprint density at radius 2 is 1.79 bits per heavy atom. The molecule has 0 saturated heterocycles. The predicted molar refractivity (Wildman–Crippen MR) is 87.4 cm³/mol. The Balaban J connectivity index is 1.98. The van der Waals surface area contributed by atoms with Crippen LogP contribution in [-0.2, 0) is 6.42 Å². The van der Waals surface area contributed by atoms with E-state index in [0.717, 1.165) is 26.6 Å².